The molecule has 1 unspecified atom stereocenters. The second-order valence-electron chi connectivity index (χ2n) is 29.1. The third kappa shape index (κ3) is 45.2. The van der Waals surface area contributed by atoms with E-state index in [0.29, 0.717) is 42.0 Å². The summed E-state index contributed by atoms with van der Waals surface area (Å²) >= 11 is 1.19. The molecule has 1 fully saturated rings. The molecule has 126 heavy (non-hydrogen) atoms. The molecule has 2 aromatic carbocycles. The summed E-state index contributed by atoms with van der Waals surface area (Å²) in [5, 5.41) is 69.4. The number of aliphatic carboxylic acids is 1. The molecule has 3 rings (SSSR count). The van der Waals surface area contributed by atoms with Crippen molar-refractivity contribution in [1.29, 1.82) is 5.41 Å². The molecule has 1 heterocycles. The van der Waals surface area contributed by atoms with E-state index in [9.17, 15) is 121 Å². The summed E-state index contributed by atoms with van der Waals surface area (Å²) in [4.78, 5) is 241. The maximum atomic E-state index is 13.9. The molecule has 0 radical (unpaired) electrons. The summed E-state index contributed by atoms with van der Waals surface area (Å²) in [6.07, 6.45) is -2.10. The minimum Gasteiger partial charge on any atom is -0.481 e. The number of hydrogen-bond donors (Lipinski definition) is 24. The zero-order chi connectivity index (χ0) is 93.8. The molecule has 1 aliphatic rings. The summed E-state index contributed by atoms with van der Waals surface area (Å²) in [7, 11) is -11.2. The van der Waals surface area contributed by atoms with Gasteiger partial charge in [0.1, 0.15) is 30.2 Å². The monoisotopic (exact) mass is 1840 g/mol. The number of carboxylic acid groups (broad SMARTS) is 1. The molecule has 1 saturated heterocycles. The van der Waals surface area contributed by atoms with E-state index in [4.69, 9.17) is 35.8 Å². The molecule has 0 aliphatic carbocycles. The summed E-state index contributed by atoms with van der Waals surface area (Å²) in [6, 6.07) is 5.18. The molecule has 1 aliphatic heterocycles. The number of hydrogen-bond acceptors (Lipinski definition) is 26. The number of nitrogens with two attached hydrogens (primary N) is 2. The SMILES string of the molecule is Cc1ccccc1NC(=O)Nc1ccc(CC(=O)N[C@@H](CCCNC(N)=O)C(=O)N[C@@H](CCC(=O)O)C(=O)N[C@@H](CO)C(=O)N[C@H](C(=O)NCCOCCOCCNC(=O)CCC(=O)NCCOCCOCCNC(=O)CCC(=O)N[C@@H](CCCCNC(=O)CCN2C(=O)CC(SCCCC(=N)NCCCC(O)(P(=O)(O)O)P(=O)(O)O)C2=O)C(N)=O)C(C)C)cc1. The number of nitrogens with zero attached hydrogens (tertiary/aromatic N) is 1. The number of nitrogens with one attached hydrogen (secondary N) is 15. The number of unbranched alkanes of at least 4 members (excludes halogenated alkanes) is 1. The molecule has 47 nitrogen and oxygen atoms in total. The van der Waals surface area contributed by atoms with Gasteiger partial charge in [-0.05, 0) is 99.3 Å². The van der Waals surface area contributed by atoms with Crippen molar-refractivity contribution in [2.24, 2.45) is 17.4 Å². The number of carbonyl (C=O) groups excluding carboxylic acids is 15. The highest BCUT2D eigenvalue weighted by atomic mass is 32.2. The Balaban J connectivity index is 1.20. The van der Waals surface area contributed by atoms with Gasteiger partial charge in [0.25, 0.3) is 5.08 Å². The summed E-state index contributed by atoms with van der Waals surface area (Å²) in [6.45, 7) is 5.27. The number of anilines is 2. The summed E-state index contributed by atoms with van der Waals surface area (Å²) in [5.41, 5.74) is 13.0. The van der Waals surface area contributed by atoms with Gasteiger partial charge in [-0.1, -0.05) is 44.2 Å². The number of thioether (sulfide) groups is 1. The third-order valence-electron chi connectivity index (χ3n) is 18.6. The second-order valence-corrected chi connectivity index (χ2v) is 34.4. The van der Waals surface area contributed by atoms with Gasteiger partial charge in [0.05, 0.1) is 77.0 Å². The van der Waals surface area contributed by atoms with Crippen LogP contribution in [0.25, 0.3) is 0 Å². The smallest absolute Gasteiger partial charge is 0.369 e. The van der Waals surface area contributed by atoms with E-state index in [-0.39, 0.29) is 194 Å². The van der Waals surface area contributed by atoms with Gasteiger partial charge in [0.2, 0.25) is 76.8 Å². The van der Waals surface area contributed by atoms with Gasteiger partial charge in [-0.2, -0.15) is 0 Å². The molecule has 0 bridgehead atoms. The van der Waals surface area contributed by atoms with Crippen molar-refractivity contribution < 1.29 is 140 Å². The minimum atomic E-state index is -5.60. The fourth-order valence-electron chi connectivity index (χ4n) is 11.7. The number of primary amides is 2. The maximum absolute atomic E-state index is 13.9. The summed E-state index contributed by atoms with van der Waals surface area (Å²) in [5.74, 6) is -9.84. The number of aliphatic hydroxyl groups excluding tert-OH is 1. The highest BCUT2D eigenvalue weighted by Gasteiger charge is 2.58. The predicted molar refractivity (Wildman–Crippen MR) is 455 cm³/mol. The number of carboxylic acids is 1. The maximum Gasteiger partial charge on any atom is 0.369 e. The molecule has 6 atom stereocenters. The average Bonchev–Trinajstić information content (AvgIpc) is 0.984. The van der Waals surface area contributed by atoms with Gasteiger partial charge in [-0.25, -0.2) is 9.59 Å². The number of para-hydroxylation sites is 1. The zero-order valence-corrected chi connectivity index (χ0v) is 73.2. The summed E-state index contributed by atoms with van der Waals surface area (Å²) < 4.78 is 44.9. The van der Waals surface area contributed by atoms with Crippen LogP contribution in [-0.2, 0) is 102 Å². The number of rotatable bonds is 66. The molecule has 706 valence electrons. The molecule has 0 aromatic heterocycles. The van der Waals surface area contributed by atoms with Crippen molar-refractivity contribution in [3.63, 3.8) is 0 Å². The number of likely N-dealkylation sites (tertiary alicyclic amines) is 1. The molecule has 0 saturated carbocycles. The Labute approximate surface area is 731 Å². The Hall–Kier alpha value is -10.4. The molecular formula is C76H122N18O29P2S. The van der Waals surface area contributed by atoms with E-state index in [1.165, 1.54) is 11.8 Å². The average molecular weight is 1850 g/mol. The van der Waals surface area contributed by atoms with Crippen LogP contribution in [0.2, 0.25) is 0 Å². The molecule has 17 amide bonds. The van der Waals surface area contributed by atoms with Gasteiger partial charge < -0.3 is 140 Å². The molecule has 50 heteroatoms. The number of amides is 17. The lowest BCUT2D eigenvalue weighted by atomic mass is 10.0. The van der Waals surface area contributed by atoms with Crippen molar-refractivity contribution in [3.8, 4) is 0 Å². The van der Waals surface area contributed by atoms with Crippen LogP contribution >= 0.6 is 27.0 Å². The lowest BCUT2D eigenvalue weighted by molar-refractivity contribution is -0.140. The Bertz CT molecular complexity index is 4010. The molecule has 2 aromatic rings. The van der Waals surface area contributed by atoms with Crippen LogP contribution in [0.5, 0.6) is 0 Å². The Morgan fingerprint density at radius 3 is 1.56 bits per heavy atom. The van der Waals surface area contributed by atoms with Crippen LogP contribution in [0.4, 0.5) is 21.0 Å². The first kappa shape index (κ1) is 110. The topological polar surface area (TPSA) is 733 Å². The van der Waals surface area contributed by atoms with Crippen LogP contribution in [0, 0.1) is 18.3 Å². The van der Waals surface area contributed by atoms with Crippen molar-refractivity contribution in [2.75, 3.05) is 128 Å². The molecule has 0 spiro atoms. The quantitative estimate of drug-likeness (QED) is 0.0102. The number of benzene rings is 2. The van der Waals surface area contributed by atoms with Crippen molar-refractivity contribution in [2.45, 2.75) is 177 Å². The van der Waals surface area contributed by atoms with E-state index in [0.717, 1.165) is 10.5 Å². The van der Waals surface area contributed by atoms with E-state index in [2.05, 4.69) is 74.4 Å². The standard InChI is InChI=1S/C76H122N18O29P2S/c1-48(2)67(93-71(108)56(47-95)91-70(107)55(20-25-66(103)104)90-69(106)54(14-8-29-86-74(79)111)89-64(101)45-50-16-18-51(19-17-50)87-75(112)92-52-12-5-4-11-49(52)3)72(109)85-34-39-123-43-42-122-37-32-83-60(97)22-21-59(96)82-31-36-120-40-41-121-38-33-84-61(98)23-24-63(100)88-53(68(78)105)13-6-7-28-81-62(99)26-35-94-65(102)46-57(73(94)110)126-44-9-15-58(77)80-30-10-27-76(113,124(114,115)116)125(117,118)119/h4-5,11-12,16-19,48,53-57,67,95,113H,6-10,13-15,20-47H2,1-3H3,(H2,77,80)(H2,78,105)(H,81,99)(H,82,96)(H,83,97)(H,84,98)(H,85,109)(H,88,100)(H,89,101)(H,90,106)(H,91,107)(H,93,108)(H,103,104)(H3,79,86,111)(H2,87,92,112)(H2,114,115,116)(H2,117,118,119)/t53-,54-,55-,56-,57?,67-/m0/s1. The number of carbonyl (C=O) groups is 16. The molecule has 26 N–H and O–H groups in total. The normalized spacial score (nSPS) is 13.9. The number of aliphatic hydroxyl groups is 2. The number of urea groups is 2. The van der Waals surface area contributed by atoms with Crippen LogP contribution in [0.1, 0.15) is 134 Å². The predicted octanol–water partition coefficient (Wildman–Crippen LogP) is -3.19. The van der Waals surface area contributed by atoms with Gasteiger partial charge in [0, 0.05) is 122 Å². The van der Waals surface area contributed by atoms with Crippen molar-refractivity contribution in [1.82, 2.24) is 68.7 Å². The van der Waals surface area contributed by atoms with Crippen LogP contribution in [0.3, 0.4) is 0 Å². The van der Waals surface area contributed by atoms with E-state index < -0.39 is 176 Å². The van der Waals surface area contributed by atoms with Gasteiger partial charge >= 0.3 is 33.2 Å². The fourth-order valence-corrected chi connectivity index (χ4v) is 15.0. The minimum absolute atomic E-state index is 0.0109. The van der Waals surface area contributed by atoms with Crippen LogP contribution < -0.4 is 85.9 Å². The van der Waals surface area contributed by atoms with E-state index >= 15 is 0 Å². The Morgan fingerprint density at radius 1 is 0.532 bits per heavy atom. The Kier molecular flexibility index (Phi) is 51.9. The first-order valence-corrected chi connectivity index (χ1v) is 45.1. The number of amidine groups is 1. The largest absolute Gasteiger partial charge is 0.481 e. The molecular weight excluding hydrogens is 1720 g/mol. The first-order valence-electron chi connectivity index (χ1n) is 40.8. The third-order valence-corrected chi connectivity index (χ3v) is 23.8. The lowest BCUT2D eigenvalue weighted by Crippen LogP contribution is -2.60. The highest BCUT2D eigenvalue weighted by Crippen LogP contribution is 2.69. The van der Waals surface area contributed by atoms with Gasteiger partial charge in [-0.15, -0.1) is 11.8 Å². The van der Waals surface area contributed by atoms with Gasteiger partial charge in [-0.3, -0.25) is 86.6 Å². The van der Waals surface area contributed by atoms with Crippen molar-refractivity contribution in [3.05, 3.63) is 59.7 Å². The Morgan fingerprint density at radius 2 is 1.02 bits per heavy atom. The zero-order valence-electron chi connectivity index (χ0n) is 70.6. The van der Waals surface area contributed by atoms with Crippen molar-refractivity contribution >= 4 is 139 Å². The highest BCUT2D eigenvalue weighted by molar-refractivity contribution is 8.00. The first-order chi connectivity index (χ1) is 59.6. The lowest BCUT2D eigenvalue weighted by Gasteiger charge is -2.29. The van der Waals surface area contributed by atoms with Crippen LogP contribution in [0.15, 0.2) is 48.5 Å². The number of ether oxygens (including phenoxy) is 4. The van der Waals surface area contributed by atoms with E-state index in [1.54, 1.807) is 50.2 Å². The number of imide groups is 1. The van der Waals surface area contributed by atoms with Gasteiger partial charge in [0.15, 0.2) is 0 Å². The van der Waals surface area contributed by atoms with E-state index in [1.807, 2.05) is 19.1 Å². The second kappa shape index (κ2) is 59.6. The number of aryl methyl sites for hydroxylation is 1. The van der Waals surface area contributed by atoms with Crippen LogP contribution in [-0.4, -0.2) is 299 Å². The fraction of sp³-hybridized carbons (Fsp3) is 0.618.